The highest BCUT2D eigenvalue weighted by Gasteiger charge is 2.39. The molecule has 2 unspecified atom stereocenters. The molecule has 0 spiro atoms. The van der Waals surface area contributed by atoms with Gasteiger partial charge in [0.1, 0.15) is 5.82 Å². The summed E-state index contributed by atoms with van der Waals surface area (Å²) in [5, 5.41) is 0. The van der Waals surface area contributed by atoms with Crippen LogP contribution >= 0.6 is 0 Å². The number of nitrogens with one attached hydrogen (secondary N) is 1. The summed E-state index contributed by atoms with van der Waals surface area (Å²) in [6, 6.07) is 3.12. The highest BCUT2D eigenvalue weighted by atomic mass is 16.1. The van der Waals surface area contributed by atoms with Crippen LogP contribution < -0.4 is 5.56 Å². The lowest BCUT2D eigenvalue weighted by Crippen LogP contribution is -2.39. The smallest absolute Gasteiger partial charge is 0.251 e. The van der Waals surface area contributed by atoms with Crippen LogP contribution in [0.2, 0.25) is 0 Å². The Kier molecular flexibility index (Phi) is 3.37. The minimum absolute atomic E-state index is 0.0492. The third-order valence-corrected chi connectivity index (χ3v) is 6.04. The molecule has 4 heteroatoms. The zero-order chi connectivity index (χ0) is 14.4. The zero-order valence-corrected chi connectivity index (χ0v) is 12.8. The van der Waals surface area contributed by atoms with Gasteiger partial charge >= 0.3 is 0 Å². The summed E-state index contributed by atoms with van der Waals surface area (Å²) in [4.78, 5) is 22.5. The monoisotopic (exact) mass is 287 g/mol. The molecule has 3 fully saturated rings. The van der Waals surface area contributed by atoms with Gasteiger partial charge in [-0.05, 0) is 45.6 Å². The molecule has 21 heavy (non-hydrogen) atoms. The maximum atomic E-state index is 12.0. The quantitative estimate of drug-likeness (QED) is 0.910. The van der Waals surface area contributed by atoms with Gasteiger partial charge in [0.15, 0.2) is 0 Å². The molecule has 0 aromatic carbocycles. The van der Waals surface area contributed by atoms with E-state index in [4.69, 9.17) is 4.98 Å². The number of piperidine rings is 1. The van der Waals surface area contributed by atoms with Crippen LogP contribution in [0.25, 0.3) is 0 Å². The lowest BCUT2D eigenvalue weighted by Gasteiger charge is -2.35. The molecular weight excluding hydrogens is 262 g/mol. The summed E-state index contributed by atoms with van der Waals surface area (Å²) in [6.07, 6.45) is 9.91. The minimum atomic E-state index is 0.0492. The molecular formula is C17H25N3O. The van der Waals surface area contributed by atoms with Crippen molar-refractivity contribution in [1.29, 1.82) is 0 Å². The molecule has 1 aromatic rings. The molecule has 114 valence electrons. The largest absolute Gasteiger partial charge is 0.310 e. The SMILES string of the molecule is CN1C2CCC1CC(c1nc(C3CCCC3)cc(=O)[nH]1)C2. The number of hydrogen-bond donors (Lipinski definition) is 1. The van der Waals surface area contributed by atoms with Crippen molar-refractivity contribution in [2.45, 2.75) is 75.3 Å². The first-order valence-corrected chi connectivity index (χ1v) is 8.54. The van der Waals surface area contributed by atoms with Crippen molar-refractivity contribution in [3.63, 3.8) is 0 Å². The third-order valence-electron chi connectivity index (χ3n) is 6.04. The van der Waals surface area contributed by atoms with Gasteiger partial charge in [0.2, 0.25) is 0 Å². The van der Waals surface area contributed by atoms with E-state index in [1.54, 1.807) is 6.07 Å². The average Bonchev–Trinajstić information content (AvgIpc) is 3.05. The first-order valence-electron chi connectivity index (χ1n) is 8.54. The van der Waals surface area contributed by atoms with Crippen LogP contribution in [0.3, 0.4) is 0 Å². The van der Waals surface area contributed by atoms with Crippen LogP contribution in [0.4, 0.5) is 0 Å². The van der Waals surface area contributed by atoms with E-state index in [1.165, 1.54) is 38.5 Å². The molecule has 2 bridgehead atoms. The topological polar surface area (TPSA) is 49.0 Å². The van der Waals surface area contributed by atoms with Gasteiger partial charge in [-0.15, -0.1) is 0 Å². The first-order chi connectivity index (χ1) is 10.2. The van der Waals surface area contributed by atoms with Gasteiger partial charge in [-0.1, -0.05) is 12.8 Å². The predicted molar refractivity (Wildman–Crippen MR) is 82.6 cm³/mol. The third kappa shape index (κ3) is 2.44. The Morgan fingerprint density at radius 3 is 2.43 bits per heavy atom. The highest BCUT2D eigenvalue weighted by Crippen LogP contribution is 2.41. The number of rotatable bonds is 2. The van der Waals surface area contributed by atoms with E-state index in [0.29, 0.717) is 23.9 Å². The number of hydrogen-bond acceptors (Lipinski definition) is 3. The molecule has 0 radical (unpaired) electrons. The summed E-state index contributed by atoms with van der Waals surface area (Å²) in [7, 11) is 2.25. The van der Waals surface area contributed by atoms with Gasteiger partial charge in [-0.25, -0.2) is 4.98 Å². The van der Waals surface area contributed by atoms with Gasteiger partial charge in [-0.2, -0.15) is 0 Å². The maximum absolute atomic E-state index is 12.0. The number of aromatic amines is 1. The van der Waals surface area contributed by atoms with Crippen molar-refractivity contribution in [3.05, 3.63) is 27.9 Å². The lowest BCUT2D eigenvalue weighted by atomic mass is 9.90. The molecule has 4 nitrogen and oxygen atoms in total. The van der Waals surface area contributed by atoms with Crippen LogP contribution in [0.15, 0.2) is 10.9 Å². The van der Waals surface area contributed by atoms with Gasteiger partial charge < -0.3 is 9.88 Å². The van der Waals surface area contributed by atoms with Gasteiger partial charge in [0, 0.05) is 30.0 Å². The predicted octanol–water partition coefficient (Wildman–Crippen LogP) is 2.77. The van der Waals surface area contributed by atoms with Crippen molar-refractivity contribution in [2.75, 3.05) is 7.05 Å². The van der Waals surface area contributed by atoms with E-state index in [-0.39, 0.29) is 5.56 Å². The van der Waals surface area contributed by atoms with Crippen LogP contribution in [0.5, 0.6) is 0 Å². The van der Waals surface area contributed by atoms with Crippen LogP contribution in [-0.4, -0.2) is 34.0 Å². The van der Waals surface area contributed by atoms with Crippen LogP contribution in [0.1, 0.15) is 74.7 Å². The van der Waals surface area contributed by atoms with Crippen molar-refractivity contribution in [3.8, 4) is 0 Å². The van der Waals surface area contributed by atoms with E-state index >= 15 is 0 Å². The molecule has 1 aromatic heterocycles. The number of aromatic nitrogens is 2. The van der Waals surface area contributed by atoms with E-state index in [9.17, 15) is 4.79 Å². The number of fused-ring (bicyclic) bond motifs is 2. The van der Waals surface area contributed by atoms with E-state index in [2.05, 4.69) is 16.9 Å². The summed E-state index contributed by atoms with van der Waals surface area (Å²) in [6.45, 7) is 0. The first kappa shape index (κ1) is 13.5. The second-order valence-electron chi connectivity index (χ2n) is 7.26. The highest BCUT2D eigenvalue weighted by molar-refractivity contribution is 5.14. The molecule has 1 N–H and O–H groups in total. The molecule has 2 atom stereocenters. The molecule has 2 aliphatic heterocycles. The van der Waals surface area contributed by atoms with E-state index in [1.807, 2.05) is 0 Å². The Bertz CT molecular complexity index is 562. The van der Waals surface area contributed by atoms with Crippen molar-refractivity contribution < 1.29 is 0 Å². The molecule has 2 saturated heterocycles. The molecule has 4 rings (SSSR count). The summed E-state index contributed by atoms with van der Waals surface area (Å²) in [5.74, 6) is 1.94. The Hall–Kier alpha value is -1.16. The minimum Gasteiger partial charge on any atom is -0.310 e. The lowest BCUT2D eigenvalue weighted by molar-refractivity contribution is 0.158. The molecule has 0 amide bonds. The van der Waals surface area contributed by atoms with E-state index < -0.39 is 0 Å². The van der Waals surface area contributed by atoms with Gasteiger partial charge in [0.25, 0.3) is 5.56 Å². The fraction of sp³-hybridized carbons (Fsp3) is 0.765. The number of nitrogens with zero attached hydrogens (tertiary/aromatic N) is 2. The number of H-pyrrole nitrogens is 1. The van der Waals surface area contributed by atoms with Gasteiger partial charge in [0.05, 0.1) is 5.69 Å². The van der Waals surface area contributed by atoms with Crippen molar-refractivity contribution >= 4 is 0 Å². The Labute approximate surface area is 126 Å². The van der Waals surface area contributed by atoms with Gasteiger partial charge in [-0.3, -0.25) is 4.79 Å². The fourth-order valence-electron chi connectivity index (χ4n) is 4.75. The van der Waals surface area contributed by atoms with E-state index in [0.717, 1.165) is 24.4 Å². The van der Waals surface area contributed by atoms with Crippen molar-refractivity contribution in [2.24, 2.45) is 0 Å². The van der Waals surface area contributed by atoms with Crippen molar-refractivity contribution in [1.82, 2.24) is 14.9 Å². The Morgan fingerprint density at radius 1 is 1.10 bits per heavy atom. The van der Waals surface area contributed by atoms with Crippen LogP contribution in [0, 0.1) is 0 Å². The summed E-state index contributed by atoms with van der Waals surface area (Å²) >= 11 is 0. The molecule has 1 saturated carbocycles. The second-order valence-corrected chi connectivity index (χ2v) is 7.26. The molecule has 1 aliphatic carbocycles. The molecule has 3 aliphatic rings. The maximum Gasteiger partial charge on any atom is 0.251 e. The van der Waals surface area contributed by atoms with Crippen LogP contribution in [-0.2, 0) is 0 Å². The zero-order valence-electron chi connectivity index (χ0n) is 12.8. The summed E-state index contributed by atoms with van der Waals surface area (Å²) in [5.41, 5.74) is 1.10. The standard InChI is InChI=1S/C17H25N3O/c1-20-13-6-7-14(20)9-12(8-13)17-18-15(10-16(21)19-17)11-4-2-3-5-11/h10-14H,2-9H2,1H3,(H,18,19,21). The average molecular weight is 287 g/mol. The fourth-order valence-corrected chi connectivity index (χ4v) is 4.75. The molecule has 3 heterocycles. The Morgan fingerprint density at radius 2 is 1.76 bits per heavy atom. The normalized spacial score (nSPS) is 33.7. The second kappa shape index (κ2) is 5.24. The Balaban J connectivity index is 1.61. The summed E-state index contributed by atoms with van der Waals surface area (Å²) < 4.78 is 0.